The Morgan fingerprint density at radius 3 is 2.74 bits per heavy atom. The number of aromatic nitrogens is 2. The minimum atomic E-state index is -0.694. The maximum Gasteiger partial charge on any atom is 0.275 e. The number of morpholine rings is 1. The van der Waals surface area contributed by atoms with E-state index in [-0.39, 0.29) is 18.1 Å². The minimum Gasteiger partial charge on any atom is -0.458 e. The molecule has 1 saturated heterocycles. The third kappa shape index (κ3) is 5.66. The molecule has 0 aliphatic carbocycles. The molecule has 5 rings (SSSR count). The van der Waals surface area contributed by atoms with Gasteiger partial charge in [0.05, 0.1) is 30.5 Å². The zero-order valence-corrected chi connectivity index (χ0v) is 20.9. The number of nitrogens with two attached hydrogens (primary N) is 1. The van der Waals surface area contributed by atoms with E-state index in [0.717, 1.165) is 5.56 Å². The highest BCUT2D eigenvalue weighted by atomic mass is 35.5. The molecule has 1 aliphatic rings. The molecule has 0 atom stereocenters. The van der Waals surface area contributed by atoms with Gasteiger partial charge in [0.2, 0.25) is 5.91 Å². The number of ether oxygens (including phenoxy) is 1. The molecule has 3 N–H and O–H groups in total. The van der Waals surface area contributed by atoms with Gasteiger partial charge in [-0.25, -0.2) is 14.4 Å². The van der Waals surface area contributed by atoms with Gasteiger partial charge in [0.15, 0.2) is 17.1 Å². The van der Waals surface area contributed by atoms with Gasteiger partial charge in [-0.2, -0.15) is 0 Å². The van der Waals surface area contributed by atoms with Crippen LogP contribution in [0.1, 0.15) is 21.8 Å². The fourth-order valence-electron chi connectivity index (χ4n) is 3.99. The highest BCUT2D eigenvalue weighted by Gasteiger charge is 2.23. The summed E-state index contributed by atoms with van der Waals surface area (Å²) in [7, 11) is 0. The second-order valence-corrected chi connectivity index (χ2v) is 9.00. The van der Waals surface area contributed by atoms with Crippen molar-refractivity contribution < 1.29 is 23.1 Å². The van der Waals surface area contributed by atoms with Crippen molar-refractivity contribution >= 4 is 46.3 Å². The van der Waals surface area contributed by atoms with E-state index in [0.29, 0.717) is 65.1 Å². The standard InChI is InChI=1S/C27H23ClFN5O4/c28-20-13-17(22-4-3-21(29)25(33-22)27(36)34-7-9-37-10-8-34)11-18-12-19(38-26(18)20)15-32-24(35)6-2-16-1-5-23(30)31-14-16/h1-6,11-14H,7-10,15H2,(H2,30,31)(H,32,35)/b6-2+. The predicted octanol–water partition coefficient (Wildman–Crippen LogP) is 4.07. The van der Waals surface area contributed by atoms with Crippen LogP contribution in [0.3, 0.4) is 0 Å². The minimum absolute atomic E-state index is 0.135. The summed E-state index contributed by atoms with van der Waals surface area (Å²) in [6, 6.07) is 11.3. The molecular weight excluding hydrogens is 513 g/mol. The number of halogens is 2. The highest BCUT2D eigenvalue weighted by molar-refractivity contribution is 6.35. The van der Waals surface area contributed by atoms with E-state index < -0.39 is 11.7 Å². The molecule has 1 fully saturated rings. The predicted molar refractivity (Wildman–Crippen MR) is 141 cm³/mol. The number of amides is 2. The number of nitrogens with one attached hydrogen (secondary N) is 1. The van der Waals surface area contributed by atoms with Gasteiger partial charge in [0, 0.05) is 36.3 Å². The normalized spacial score (nSPS) is 13.8. The van der Waals surface area contributed by atoms with Crippen molar-refractivity contribution in [1.82, 2.24) is 20.2 Å². The third-order valence-electron chi connectivity index (χ3n) is 5.94. The van der Waals surface area contributed by atoms with Crippen molar-refractivity contribution in [3.63, 3.8) is 0 Å². The quantitative estimate of drug-likeness (QED) is 0.357. The van der Waals surface area contributed by atoms with Crippen LogP contribution in [-0.4, -0.2) is 53.0 Å². The van der Waals surface area contributed by atoms with E-state index in [2.05, 4.69) is 15.3 Å². The van der Waals surface area contributed by atoms with Crippen molar-refractivity contribution in [1.29, 1.82) is 0 Å². The first kappa shape index (κ1) is 25.4. The van der Waals surface area contributed by atoms with Crippen LogP contribution in [0.15, 0.2) is 59.2 Å². The average Bonchev–Trinajstić information content (AvgIpc) is 3.36. The van der Waals surface area contributed by atoms with Gasteiger partial charge in [0.1, 0.15) is 11.6 Å². The summed E-state index contributed by atoms with van der Waals surface area (Å²) in [5.41, 5.74) is 7.47. The smallest absolute Gasteiger partial charge is 0.275 e. The molecule has 0 saturated carbocycles. The maximum absolute atomic E-state index is 14.5. The molecule has 9 nitrogen and oxygen atoms in total. The van der Waals surface area contributed by atoms with E-state index in [4.69, 9.17) is 26.5 Å². The lowest BCUT2D eigenvalue weighted by molar-refractivity contribution is -0.116. The van der Waals surface area contributed by atoms with E-state index in [1.165, 1.54) is 23.1 Å². The molecular formula is C27H23ClFN5O4. The van der Waals surface area contributed by atoms with Gasteiger partial charge >= 0.3 is 0 Å². The Morgan fingerprint density at radius 1 is 1.16 bits per heavy atom. The Balaban J connectivity index is 1.32. The van der Waals surface area contributed by atoms with Crippen LogP contribution in [0, 0.1) is 5.82 Å². The number of rotatable bonds is 6. The Morgan fingerprint density at radius 2 is 1.97 bits per heavy atom. The third-order valence-corrected chi connectivity index (χ3v) is 6.22. The number of hydrogen-bond acceptors (Lipinski definition) is 7. The van der Waals surface area contributed by atoms with Gasteiger partial charge in [-0.1, -0.05) is 11.6 Å². The molecule has 1 aromatic carbocycles. The lowest BCUT2D eigenvalue weighted by atomic mass is 10.1. The largest absolute Gasteiger partial charge is 0.458 e. The van der Waals surface area contributed by atoms with E-state index in [1.807, 2.05) is 0 Å². The molecule has 194 valence electrons. The Hall–Kier alpha value is -4.28. The number of hydrogen-bond donors (Lipinski definition) is 2. The van der Waals surface area contributed by atoms with Crippen molar-refractivity contribution in [2.24, 2.45) is 0 Å². The number of carbonyl (C=O) groups excluding carboxylic acids is 2. The number of nitrogen functional groups attached to an aromatic ring is 1. The molecule has 0 radical (unpaired) electrons. The lowest BCUT2D eigenvalue weighted by Crippen LogP contribution is -2.41. The first-order chi connectivity index (χ1) is 18.4. The first-order valence-corrected chi connectivity index (χ1v) is 12.2. The number of pyridine rings is 2. The van der Waals surface area contributed by atoms with Gasteiger partial charge < -0.3 is 25.1 Å². The van der Waals surface area contributed by atoms with Crippen LogP contribution in [0.25, 0.3) is 28.3 Å². The molecule has 3 aromatic heterocycles. The number of anilines is 1. The van der Waals surface area contributed by atoms with Crippen LogP contribution in [0.5, 0.6) is 0 Å². The number of carbonyl (C=O) groups is 2. The summed E-state index contributed by atoms with van der Waals surface area (Å²) in [6.07, 6.45) is 4.57. The van der Waals surface area contributed by atoms with Crippen molar-refractivity contribution in [3.8, 4) is 11.3 Å². The topological polar surface area (TPSA) is 124 Å². The van der Waals surface area contributed by atoms with Crippen molar-refractivity contribution in [2.45, 2.75) is 6.54 Å². The summed E-state index contributed by atoms with van der Waals surface area (Å²) in [4.78, 5) is 34.9. The molecule has 0 spiro atoms. The summed E-state index contributed by atoms with van der Waals surface area (Å²) in [6.45, 7) is 1.70. The molecule has 11 heteroatoms. The number of nitrogens with zero attached hydrogens (tertiary/aromatic N) is 3. The van der Waals surface area contributed by atoms with Gasteiger partial charge in [0.25, 0.3) is 5.91 Å². The molecule has 2 amide bonds. The van der Waals surface area contributed by atoms with Crippen LogP contribution in [0.4, 0.5) is 10.2 Å². The zero-order valence-electron chi connectivity index (χ0n) is 20.1. The highest BCUT2D eigenvalue weighted by Crippen LogP contribution is 2.32. The summed E-state index contributed by atoms with van der Waals surface area (Å²) >= 11 is 6.47. The fraction of sp³-hybridized carbons (Fsp3) is 0.185. The van der Waals surface area contributed by atoms with Crippen molar-refractivity contribution in [2.75, 3.05) is 32.0 Å². The lowest BCUT2D eigenvalue weighted by Gasteiger charge is -2.26. The summed E-state index contributed by atoms with van der Waals surface area (Å²) in [5, 5.41) is 3.74. The number of furan rings is 1. The van der Waals surface area contributed by atoms with E-state index >= 15 is 0 Å². The van der Waals surface area contributed by atoms with E-state index in [1.54, 1.807) is 42.6 Å². The summed E-state index contributed by atoms with van der Waals surface area (Å²) in [5.74, 6) is -0.606. The monoisotopic (exact) mass is 535 g/mol. The van der Waals surface area contributed by atoms with E-state index in [9.17, 15) is 14.0 Å². The van der Waals surface area contributed by atoms with Crippen molar-refractivity contribution in [3.05, 3.63) is 82.6 Å². The number of fused-ring (bicyclic) bond motifs is 1. The molecule has 4 heterocycles. The molecule has 1 aliphatic heterocycles. The van der Waals surface area contributed by atoms with Gasteiger partial charge in [-0.3, -0.25) is 9.59 Å². The van der Waals surface area contributed by atoms with Gasteiger partial charge in [-0.15, -0.1) is 0 Å². The fourth-order valence-corrected chi connectivity index (χ4v) is 4.25. The zero-order chi connectivity index (χ0) is 26.6. The van der Waals surface area contributed by atoms with Crippen LogP contribution in [-0.2, 0) is 16.1 Å². The van der Waals surface area contributed by atoms with Gasteiger partial charge in [-0.05, 0) is 54.1 Å². The average molecular weight is 536 g/mol. The Labute approximate surface area is 222 Å². The second-order valence-electron chi connectivity index (χ2n) is 8.59. The molecule has 4 aromatic rings. The molecule has 38 heavy (non-hydrogen) atoms. The van der Waals surface area contributed by atoms with Crippen LogP contribution < -0.4 is 11.1 Å². The first-order valence-electron chi connectivity index (χ1n) is 11.8. The summed E-state index contributed by atoms with van der Waals surface area (Å²) < 4.78 is 25.6. The molecule has 0 unspecified atom stereocenters. The van der Waals surface area contributed by atoms with Crippen LogP contribution >= 0.6 is 11.6 Å². The Kier molecular flexibility index (Phi) is 7.34. The number of benzene rings is 1. The Bertz CT molecular complexity index is 1530. The maximum atomic E-state index is 14.5. The molecule has 0 bridgehead atoms. The second kappa shape index (κ2) is 11.0. The SMILES string of the molecule is Nc1ccc(/C=C/C(=O)NCc2cc3cc(-c4ccc(F)c(C(=O)N5CCOCC5)n4)cc(Cl)c3o2)cn1. The van der Waals surface area contributed by atoms with Crippen LogP contribution in [0.2, 0.25) is 5.02 Å².